The van der Waals surface area contributed by atoms with E-state index in [-0.39, 0.29) is 11.9 Å². The van der Waals surface area contributed by atoms with Gasteiger partial charge in [0.15, 0.2) is 0 Å². The molecule has 1 fully saturated rings. The molecule has 1 aliphatic rings. The molecule has 1 aliphatic heterocycles. The van der Waals surface area contributed by atoms with E-state index in [9.17, 15) is 9.50 Å². The van der Waals surface area contributed by atoms with Crippen molar-refractivity contribution < 1.29 is 9.50 Å². The van der Waals surface area contributed by atoms with Crippen molar-refractivity contribution in [2.45, 2.75) is 38.8 Å². The highest BCUT2D eigenvalue weighted by Crippen LogP contribution is 2.20. The van der Waals surface area contributed by atoms with Crippen molar-refractivity contribution in [3.05, 3.63) is 34.6 Å². The first-order chi connectivity index (χ1) is 10.5. The highest BCUT2D eigenvalue weighted by atomic mass is 35.5. The van der Waals surface area contributed by atoms with Gasteiger partial charge < -0.3 is 10.0 Å². The molecule has 0 aromatic heterocycles. The van der Waals surface area contributed by atoms with E-state index in [2.05, 4.69) is 16.7 Å². The molecule has 0 unspecified atom stereocenters. The van der Waals surface area contributed by atoms with Gasteiger partial charge in [-0.1, -0.05) is 24.6 Å². The van der Waals surface area contributed by atoms with Crippen molar-refractivity contribution in [3.8, 4) is 0 Å². The van der Waals surface area contributed by atoms with Crippen molar-refractivity contribution in [1.29, 1.82) is 0 Å². The molecule has 5 heteroatoms. The largest absolute Gasteiger partial charge is 0.392 e. The van der Waals surface area contributed by atoms with Gasteiger partial charge in [-0.25, -0.2) is 4.39 Å². The third kappa shape index (κ3) is 4.66. The van der Waals surface area contributed by atoms with E-state index in [1.165, 1.54) is 6.07 Å². The van der Waals surface area contributed by atoms with Gasteiger partial charge in [0.2, 0.25) is 0 Å². The van der Waals surface area contributed by atoms with Crippen molar-refractivity contribution in [1.82, 2.24) is 9.80 Å². The van der Waals surface area contributed by atoms with Crippen molar-refractivity contribution in [2.24, 2.45) is 0 Å². The third-order valence-electron chi connectivity index (χ3n) is 4.40. The van der Waals surface area contributed by atoms with Gasteiger partial charge in [-0.05, 0) is 31.9 Å². The van der Waals surface area contributed by atoms with Gasteiger partial charge in [-0.2, -0.15) is 0 Å². The minimum atomic E-state index is -0.294. The average Bonchev–Trinajstić information content (AvgIpc) is 2.47. The van der Waals surface area contributed by atoms with Crippen LogP contribution in [0, 0.1) is 5.82 Å². The van der Waals surface area contributed by atoms with E-state index < -0.39 is 0 Å². The zero-order valence-corrected chi connectivity index (χ0v) is 14.2. The highest BCUT2D eigenvalue weighted by molar-refractivity contribution is 6.31. The van der Waals surface area contributed by atoms with Gasteiger partial charge in [0.1, 0.15) is 5.82 Å². The Morgan fingerprint density at radius 1 is 1.41 bits per heavy atom. The maximum absolute atomic E-state index is 13.8. The van der Waals surface area contributed by atoms with E-state index >= 15 is 0 Å². The van der Waals surface area contributed by atoms with Gasteiger partial charge in [-0.3, -0.25) is 4.90 Å². The molecule has 1 aromatic carbocycles. The second-order valence-electron chi connectivity index (χ2n) is 6.16. The minimum Gasteiger partial charge on any atom is -0.392 e. The molecular formula is C17H26ClFN2O. The second-order valence-corrected chi connectivity index (χ2v) is 6.56. The lowest BCUT2D eigenvalue weighted by molar-refractivity contribution is 0.0370. The predicted octanol–water partition coefficient (Wildman–Crippen LogP) is 2.80. The van der Waals surface area contributed by atoms with Gasteiger partial charge in [-0.15, -0.1) is 0 Å². The van der Waals surface area contributed by atoms with Gasteiger partial charge in [0.05, 0.1) is 6.10 Å². The lowest BCUT2D eigenvalue weighted by Crippen LogP contribution is -2.54. The Bertz CT molecular complexity index is 463. The molecular weight excluding hydrogens is 303 g/mol. The Hall–Kier alpha value is -0.680. The third-order valence-corrected chi connectivity index (χ3v) is 4.75. The molecule has 0 radical (unpaired) electrons. The van der Waals surface area contributed by atoms with E-state index in [4.69, 9.17) is 11.6 Å². The molecule has 1 saturated heterocycles. The Balaban J connectivity index is 1.90. The second kappa shape index (κ2) is 8.25. The Kier molecular flexibility index (Phi) is 6.63. The summed E-state index contributed by atoms with van der Waals surface area (Å²) in [6.07, 6.45) is 1.40. The molecule has 0 spiro atoms. The number of β-amino-alcohol motifs (C(OH)–C–C–N with tert-alkyl or cyclic N) is 1. The molecule has 22 heavy (non-hydrogen) atoms. The zero-order valence-electron chi connectivity index (χ0n) is 13.4. The van der Waals surface area contributed by atoms with Crippen LogP contribution in [0.1, 0.15) is 25.8 Å². The van der Waals surface area contributed by atoms with Crippen LogP contribution in [0.15, 0.2) is 18.2 Å². The maximum atomic E-state index is 13.8. The van der Waals surface area contributed by atoms with Crippen molar-refractivity contribution in [3.63, 3.8) is 0 Å². The van der Waals surface area contributed by atoms with Gasteiger partial charge in [0.25, 0.3) is 0 Å². The predicted molar refractivity (Wildman–Crippen MR) is 88.9 cm³/mol. The highest BCUT2D eigenvalue weighted by Gasteiger charge is 2.26. The fourth-order valence-electron chi connectivity index (χ4n) is 3.17. The lowest BCUT2D eigenvalue weighted by atomic mass is 10.1. The first-order valence-electron chi connectivity index (χ1n) is 8.08. The average molecular weight is 329 g/mol. The molecule has 2 rings (SSSR count). The summed E-state index contributed by atoms with van der Waals surface area (Å²) in [4.78, 5) is 4.73. The maximum Gasteiger partial charge on any atom is 0.127 e. The number of aliphatic hydroxyl groups excluding tert-OH is 1. The van der Waals surface area contributed by atoms with Crippen molar-refractivity contribution >= 4 is 11.6 Å². The van der Waals surface area contributed by atoms with Crippen LogP contribution < -0.4 is 0 Å². The summed E-state index contributed by atoms with van der Waals surface area (Å²) in [5.74, 6) is -0.215. The first-order valence-corrected chi connectivity index (χ1v) is 8.46. The molecule has 1 heterocycles. The summed E-state index contributed by atoms with van der Waals surface area (Å²) in [6.45, 7) is 8.43. The van der Waals surface area contributed by atoms with E-state index in [1.807, 2.05) is 6.92 Å². The monoisotopic (exact) mass is 328 g/mol. The van der Waals surface area contributed by atoms with Crippen LogP contribution in [-0.4, -0.2) is 59.8 Å². The number of rotatable bonds is 6. The molecule has 2 atom stereocenters. The van der Waals surface area contributed by atoms with Crippen LogP contribution in [0.5, 0.6) is 0 Å². The Morgan fingerprint density at radius 3 is 2.82 bits per heavy atom. The first kappa shape index (κ1) is 17.7. The summed E-state index contributed by atoms with van der Waals surface area (Å²) in [7, 11) is 0. The molecule has 3 nitrogen and oxygen atoms in total. The topological polar surface area (TPSA) is 26.7 Å². The van der Waals surface area contributed by atoms with Crippen LogP contribution in [0.2, 0.25) is 5.02 Å². The standard InChI is InChI=1S/C17H26ClFN2O/c1-3-14-12-20(9-10-21(14)11-13(2)22)8-7-15-16(18)5-4-6-17(15)19/h4-6,13-14,22H,3,7-12H2,1-2H3/t13-,14-/m0/s1. The summed E-state index contributed by atoms with van der Waals surface area (Å²) in [5.41, 5.74) is 0.614. The van der Waals surface area contributed by atoms with Crippen LogP contribution in [0.25, 0.3) is 0 Å². The number of hydrogen-bond donors (Lipinski definition) is 1. The summed E-state index contributed by atoms with van der Waals surface area (Å²) in [6, 6.07) is 5.31. The summed E-state index contributed by atoms with van der Waals surface area (Å²) >= 11 is 6.09. The molecule has 0 amide bonds. The normalized spacial score (nSPS) is 22.0. The molecule has 1 aromatic rings. The lowest BCUT2D eigenvalue weighted by Gasteiger charge is -2.41. The molecule has 1 N–H and O–H groups in total. The number of nitrogens with zero attached hydrogens (tertiary/aromatic N) is 2. The smallest absolute Gasteiger partial charge is 0.127 e. The molecule has 0 bridgehead atoms. The van der Waals surface area contributed by atoms with Crippen LogP contribution >= 0.6 is 11.6 Å². The molecule has 0 aliphatic carbocycles. The van der Waals surface area contributed by atoms with Gasteiger partial charge in [0, 0.05) is 49.4 Å². The fraction of sp³-hybridized carbons (Fsp3) is 0.647. The number of halogens is 2. The fourth-order valence-corrected chi connectivity index (χ4v) is 3.43. The zero-order chi connectivity index (χ0) is 16.1. The van der Waals surface area contributed by atoms with Crippen LogP contribution in [0.3, 0.4) is 0 Å². The van der Waals surface area contributed by atoms with Crippen molar-refractivity contribution in [2.75, 3.05) is 32.7 Å². The number of hydrogen-bond acceptors (Lipinski definition) is 3. The summed E-state index contributed by atoms with van der Waals surface area (Å²) in [5, 5.41) is 10.1. The molecule has 0 saturated carbocycles. The summed E-state index contributed by atoms with van der Waals surface area (Å²) < 4.78 is 13.8. The van der Waals surface area contributed by atoms with Crippen LogP contribution in [-0.2, 0) is 6.42 Å². The number of benzene rings is 1. The SMILES string of the molecule is CC[C@H]1CN(CCc2c(F)cccc2Cl)CCN1C[C@H](C)O. The van der Waals surface area contributed by atoms with Gasteiger partial charge >= 0.3 is 0 Å². The van der Waals surface area contributed by atoms with E-state index in [0.29, 0.717) is 23.0 Å². The number of aliphatic hydroxyl groups is 1. The Labute approximate surface area is 137 Å². The molecule has 124 valence electrons. The number of piperazine rings is 1. The quantitative estimate of drug-likeness (QED) is 0.870. The van der Waals surface area contributed by atoms with E-state index in [0.717, 1.165) is 39.1 Å². The Morgan fingerprint density at radius 2 is 2.18 bits per heavy atom. The minimum absolute atomic E-state index is 0.215. The van der Waals surface area contributed by atoms with E-state index in [1.54, 1.807) is 12.1 Å². The van der Waals surface area contributed by atoms with Crippen LogP contribution in [0.4, 0.5) is 4.39 Å².